The topological polar surface area (TPSA) is 75.5 Å². The first kappa shape index (κ1) is 20.0. The van der Waals surface area contributed by atoms with E-state index in [1.54, 1.807) is 41.9 Å². The molecule has 1 fully saturated rings. The molecule has 1 amide bonds. The number of ether oxygens (including phenoxy) is 1. The van der Waals surface area contributed by atoms with Crippen molar-refractivity contribution in [2.75, 3.05) is 25.2 Å². The summed E-state index contributed by atoms with van der Waals surface area (Å²) in [7, 11) is 1.37. The summed E-state index contributed by atoms with van der Waals surface area (Å²) in [5.74, 6) is 3.23. The number of amides is 1. The smallest absolute Gasteiger partial charge is 0.337 e. The highest BCUT2D eigenvalue weighted by Crippen LogP contribution is 2.40. The van der Waals surface area contributed by atoms with Crippen LogP contribution in [-0.2, 0) is 15.3 Å². The number of carbonyl (C=O) groups is 2. The normalized spacial score (nSPS) is 17.1. The number of fused-ring (bicyclic) bond motifs is 1. The Kier molecular flexibility index (Phi) is 6.20. The lowest BCUT2D eigenvalue weighted by Crippen LogP contribution is -2.38. The number of methoxy groups -OCH3 is 1. The molecule has 152 valence electrons. The van der Waals surface area contributed by atoms with Crippen molar-refractivity contribution in [3.63, 3.8) is 0 Å². The number of carbonyl (C=O) groups excluding carboxylic acids is 2. The first-order valence-corrected chi connectivity index (χ1v) is 11.6. The molecule has 3 heterocycles. The van der Waals surface area contributed by atoms with Crippen molar-refractivity contribution in [2.45, 2.75) is 17.5 Å². The fourth-order valence-corrected chi connectivity index (χ4v) is 5.58. The molecular formula is C21H22N2O4S2. The van der Waals surface area contributed by atoms with Gasteiger partial charge in [-0.05, 0) is 24.3 Å². The molecule has 0 saturated carbocycles. The lowest BCUT2D eigenvalue weighted by molar-refractivity contribution is -0.131. The molecule has 2 aromatic heterocycles. The van der Waals surface area contributed by atoms with Crippen LogP contribution in [0.4, 0.5) is 0 Å². The number of rotatable bonds is 7. The zero-order valence-corrected chi connectivity index (χ0v) is 17.7. The predicted octanol–water partition coefficient (Wildman–Crippen LogP) is 4.45. The standard InChI is InChI=1S/C21H22N2O4S2/c1-26-21(25)14-4-5-16-17(12-22-18(16)11-14)20-23(19(24)6-9-29-20)7-10-28-13-15-3-2-8-27-15/h2-5,8,11-12,20,22H,6-7,9-10,13H2,1H3. The van der Waals surface area contributed by atoms with Gasteiger partial charge in [-0.3, -0.25) is 4.79 Å². The molecule has 4 rings (SSSR count). The summed E-state index contributed by atoms with van der Waals surface area (Å²) >= 11 is 3.55. The monoisotopic (exact) mass is 430 g/mol. The maximum atomic E-state index is 12.7. The van der Waals surface area contributed by atoms with Crippen LogP contribution in [-0.4, -0.2) is 46.9 Å². The molecule has 0 radical (unpaired) electrons. The second-order valence-electron chi connectivity index (χ2n) is 6.69. The van der Waals surface area contributed by atoms with Crippen LogP contribution >= 0.6 is 23.5 Å². The molecule has 1 aliphatic rings. The highest BCUT2D eigenvalue weighted by molar-refractivity contribution is 7.99. The van der Waals surface area contributed by atoms with Gasteiger partial charge in [0.2, 0.25) is 5.91 Å². The largest absolute Gasteiger partial charge is 0.468 e. The third-order valence-electron chi connectivity index (χ3n) is 4.90. The molecule has 1 atom stereocenters. The Balaban J connectivity index is 1.50. The van der Waals surface area contributed by atoms with Crippen LogP contribution in [0.3, 0.4) is 0 Å². The number of nitrogens with zero attached hydrogens (tertiary/aromatic N) is 1. The molecule has 0 bridgehead atoms. The van der Waals surface area contributed by atoms with Crippen molar-refractivity contribution in [1.29, 1.82) is 0 Å². The van der Waals surface area contributed by atoms with Crippen molar-refractivity contribution in [1.82, 2.24) is 9.88 Å². The molecule has 3 aromatic rings. The fraction of sp³-hybridized carbons (Fsp3) is 0.333. The minimum Gasteiger partial charge on any atom is -0.468 e. The van der Waals surface area contributed by atoms with Crippen molar-refractivity contribution in [2.24, 2.45) is 0 Å². The molecule has 8 heteroatoms. The van der Waals surface area contributed by atoms with E-state index in [4.69, 9.17) is 9.15 Å². The maximum absolute atomic E-state index is 12.7. The number of nitrogens with one attached hydrogen (secondary N) is 1. The summed E-state index contributed by atoms with van der Waals surface area (Å²) in [6.45, 7) is 0.689. The van der Waals surface area contributed by atoms with Gasteiger partial charge in [0, 0.05) is 47.1 Å². The molecule has 0 aliphatic carbocycles. The zero-order valence-electron chi connectivity index (χ0n) is 16.1. The first-order chi connectivity index (χ1) is 14.2. The van der Waals surface area contributed by atoms with Crippen LogP contribution in [0.5, 0.6) is 0 Å². The summed E-state index contributed by atoms with van der Waals surface area (Å²) in [6, 6.07) is 9.34. The highest BCUT2D eigenvalue weighted by Gasteiger charge is 2.31. The maximum Gasteiger partial charge on any atom is 0.337 e. The number of H-pyrrole nitrogens is 1. The summed E-state index contributed by atoms with van der Waals surface area (Å²) in [4.78, 5) is 29.7. The van der Waals surface area contributed by atoms with E-state index in [0.717, 1.165) is 39.5 Å². The van der Waals surface area contributed by atoms with E-state index in [2.05, 4.69) is 4.98 Å². The number of hydrogen-bond donors (Lipinski definition) is 1. The van der Waals surface area contributed by atoms with Gasteiger partial charge in [0.1, 0.15) is 11.1 Å². The first-order valence-electron chi connectivity index (χ1n) is 9.38. The van der Waals surface area contributed by atoms with E-state index < -0.39 is 0 Å². The molecule has 0 spiro atoms. The van der Waals surface area contributed by atoms with Crippen LogP contribution in [0.15, 0.2) is 47.2 Å². The number of aromatic nitrogens is 1. The van der Waals surface area contributed by atoms with Crippen molar-refractivity contribution >= 4 is 46.3 Å². The molecule has 1 unspecified atom stereocenters. The summed E-state index contributed by atoms with van der Waals surface area (Å²) in [6.07, 6.45) is 4.20. The Morgan fingerprint density at radius 3 is 3.10 bits per heavy atom. The van der Waals surface area contributed by atoms with Gasteiger partial charge in [-0.25, -0.2) is 4.79 Å². The summed E-state index contributed by atoms with van der Waals surface area (Å²) in [5, 5.41) is 0.997. The number of aromatic amines is 1. The predicted molar refractivity (Wildman–Crippen MR) is 116 cm³/mol. The fourth-order valence-electron chi connectivity index (χ4n) is 3.45. The van der Waals surface area contributed by atoms with Gasteiger partial charge >= 0.3 is 5.97 Å². The van der Waals surface area contributed by atoms with Gasteiger partial charge in [-0.2, -0.15) is 11.8 Å². The van der Waals surface area contributed by atoms with Gasteiger partial charge in [0.05, 0.1) is 24.7 Å². The quantitative estimate of drug-likeness (QED) is 0.441. The SMILES string of the molecule is COC(=O)c1ccc2c(C3SCCC(=O)N3CCSCc3ccco3)c[nH]c2c1. The van der Waals surface area contributed by atoms with Crippen molar-refractivity contribution < 1.29 is 18.7 Å². The van der Waals surface area contributed by atoms with Gasteiger partial charge in [0.15, 0.2) is 0 Å². The summed E-state index contributed by atoms with van der Waals surface area (Å²) in [5.41, 5.74) is 2.45. The van der Waals surface area contributed by atoms with E-state index in [0.29, 0.717) is 18.5 Å². The molecule has 1 aromatic carbocycles. The number of thioether (sulfide) groups is 2. The third kappa shape index (κ3) is 4.33. The van der Waals surface area contributed by atoms with Gasteiger partial charge in [0.25, 0.3) is 0 Å². The molecular weight excluding hydrogens is 408 g/mol. The van der Waals surface area contributed by atoms with E-state index in [9.17, 15) is 9.59 Å². The minimum absolute atomic E-state index is 0.0295. The van der Waals surface area contributed by atoms with Crippen molar-refractivity contribution in [3.05, 3.63) is 59.7 Å². The van der Waals surface area contributed by atoms with E-state index in [1.165, 1.54) is 7.11 Å². The van der Waals surface area contributed by atoms with E-state index >= 15 is 0 Å². The molecule has 6 nitrogen and oxygen atoms in total. The van der Waals surface area contributed by atoms with Gasteiger partial charge in [-0.15, -0.1) is 11.8 Å². The van der Waals surface area contributed by atoms with Crippen molar-refractivity contribution in [3.8, 4) is 0 Å². The molecule has 1 saturated heterocycles. The number of furan rings is 1. The van der Waals surface area contributed by atoms with Gasteiger partial charge in [-0.1, -0.05) is 6.07 Å². The van der Waals surface area contributed by atoms with E-state index in [-0.39, 0.29) is 17.3 Å². The molecule has 1 aliphatic heterocycles. The lowest BCUT2D eigenvalue weighted by atomic mass is 10.1. The molecule has 29 heavy (non-hydrogen) atoms. The van der Waals surface area contributed by atoms with Crippen LogP contribution in [0, 0.1) is 0 Å². The Hall–Kier alpha value is -2.32. The van der Waals surface area contributed by atoms with E-state index in [1.807, 2.05) is 29.3 Å². The number of benzene rings is 1. The van der Waals surface area contributed by atoms with Gasteiger partial charge < -0.3 is 19.0 Å². The van der Waals surface area contributed by atoms with Crippen LogP contribution in [0.2, 0.25) is 0 Å². The molecule has 1 N–H and O–H groups in total. The number of esters is 1. The Bertz CT molecular complexity index is 999. The number of hydrogen-bond acceptors (Lipinski definition) is 6. The lowest BCUT2D eigenvalue weighted by Gasteiger charge is -2.35. The Morgan fingerprint density at radius 2 is 2.31 bits per heavy atom. The second-order valence-corrected chi connectivity index (χ2v) is 8.98. The minimum atomic E-state index is -0.361. The highest BCUT2D eigenvalue weighted by atomic mass is 32.2. The Morgan fingerprint density at radius 1 is 1.41 bits per heavy atom. The van der Waals surface area contributed by atoms with Crippen LogP contribution in [0.25, 0.3) is 10.9 Å². The third-order valence-corrected chi connectivity index (χ3v) is 7.12. The Labute approximate surface area is 177 Å². The average molecular weight is 431 g/mol. The van der Waals surface area contributed by atoms with Crippen LogP contribution < -0.4 is 0 Å². The average Bonchev–Trinajstić information content (AvgIpc) is 3.40. The summed E-state index contributed by atoms with van der Waals surface area (Å²) < 4.78 is 10.2. The van der Waals surface area contributed by atoms with Crippen LogP contribution in [0.1, 0.15) is 33.5 Å². The second kappa shape index (κ2) is 9.00. The zero-order chi connectivity index (χ0) is 20.2.